The standard InChI is InChI=1S/C14H13ClN4O/c1-8-4-5-9(2)11(6-8)20-13-10(3)12(15)18-14-16-7-17-19(13)14/h4-7H,1-3H3. The average Bonchev–Trinajstić information content (AvgIpc) is 2.86. The topological polar surface area (TPSA) is 52.3 Å². The fraction of sp³-hybridized carbons (Fsp3) is 0.214. The summed E-state index contributed by atoms with van der Waals surface area (Å²) in [5.41, 5.74) is 2.89. The van der Waals surface area contributed by atoms with Crippen LogP contribution in [0.15, 0.2) is 24.5 Å². The van der Waals surface area contributed by atoms with Gasteiger partial charge in [0.2, 0.25) is 5.88 Å². The van der Waals surface area contributed by atoms with Crippen molar-refractivity contribution in [2.75, 3.05) is 0 Å². The van der Waals surface area contributed by atoms with E-state index in [-0.39, 0.29) is 0 Å². The molecule has 0 bridgehead atoms. The third-order valence-corrected chi connectivity index (χ3v) is 3.47. The fourth-order valence-electron chi connectivity index (χ4n) is 1.91. The molecule has 0 atom stereocenters. The monoisotopic (exact) mass is 288 g/mol. The van der Waals surface area contributed by atoms with Crippen molar-refractivity contribution in [3.05, 3.63) is 46.4 Å². The minimum absolute atomic E-state index is 0.366. The zero-order chi connectivity index (χ0) is 14.3. The molecule has 0 unspecified atom stereocenters. The van der Waals surface area contributed by atoms with Crippen LogP contribution in [0.4, 0.5) is 0 Å². The summed E-state index contributed by atoms with van der Waals surface area (Å²) in [7, 11) is 0. The number of aromatic nitrogens is 4. The molecule has 2 heterocycles. The van der Waals surface area contributed by atoms with E-state index in [1.165, 1.54) is 6.33 Å². The Balaban J connectivity index is 2.17. The van der Waals surface area contributed by atoms with Gasteiger partial charge in [0, 0.05) is 5.56 Å². The molecule has 0 fully saturated rings. The molecule has 20 heavy (non-hydrogen) atoms. The van der Waals surface area contributed by atoms with E-state index < -0.39 is 0 Å². The van der Waals surface area contributed by atoms with E-state index in [2.05, 4.69) is 15.1 Å². The molecule has 3 rings (SSSR count). The number of rotatable bonds is 2. The van der Waals surface area contributed by atoms with Crippen molar-refractivity contribution in [2.24, 2.45) is 0 Å². The van der Waals surface area contributed by atoms with E-state index in [0.29, 0.717) is 16.8 Å². The maximum Gasteiger partial charge on any atom is 0.256 e. The van der Waals surface area contributed by atoms with E-state index >= 15 is 0 Å². The van der Waals surface area contributed by atoms with Gasteiger partial charge in [-0.2, -0.15) is 19.6 Å². The summed E-state index contributed by atoms with van der Waals surface area (Å²) in [6, 6.07) is 6.03. The van der Waals surface area contributed by atoms with Crippen LogP contribution in [0.1, 0.15) is 16.7 Å². The minimum atomic E-state index is 0.366. The fourth-order valence-corrected chi connectivity index (χ4v) is 2.07. The first-order valence-electron chi connectivity index (χ1n) is 6.17. The Labute approximate surface area is 121 Å². The van der Waals surface area contributed by atoms with Gasteiger partial charge in [-0.3, -0.25) is 0 Å². The third kappa shape index (κ3) is 2.10. The van der Waals surface area contributed by atoms with Crippen molar-refractivity contribution in [1.82, 2.24) is 19.6 Å². The SMILES string of the molecule is Cc1ccc(C)c(Oc2c(C)c(Cl)nc3ncnn23)c1. The van der Waals surface area contributed by atoms with Crippen LogP contribution in [0.5, 0.6) is 11.6 Å². The summed E-state index contributed by atoms with van der Waals surface area (Å²) in [5, 5.41) is 4.49. The summed E-state index contributed by atoms with van der Waals surface area (Å²) in [4.78, 5) is 8.19. The summed E-state index contributed by atoms with van der Waals surface area (Å²) >= 11 is 6.11. The van der Waals surface area contributed by atoms with Gasteiger partial charge < -0.3 is 4.74 Å². The highest BCUT2D eigenvalue weighted by Gasteiger charge is 2.15. The zero-order valence-corrected chi connectivity index (χ0v) is 12.1. The molecule has 0 saturated carbocycles. The number of ether oxygens (including phenoxy) is 1. The lowest BCUT2D eigenvalue weighted by Gasteiger charge is -2.13. The molecule has 3 aromatic rings. The molecular formula is C14H13ClN4O. The van der Waals surface area contributed by atoms with Crippen LogP contribution in [-0.2, 0) is 0 Å². The third-order valence-electron chi connectivity index (χ3n) is 3.10. The van der Waals surface area contributed by atoms with Crippen molar-refractivity contribution in [3.63, 3.8) is 0 Å². The van der Waals surface area contributed by atoms with Gasteiger partial charge in [0.05, 0.1) is 0 Å². The Morgan fingerprint density at radius 1 is 1.20 bits per heavy atom. The zero-order valence-electron chi connectivity index (χ0n) is 11.4. The van der Waals surface area contributed by atoms with E-state index in [1.54, 1.807) is 4.52 Å². The second-order valence-electron chi connectivity index (χ2n) is 4.68. The molecule has 0 saturated heterocycles. The molecule has 0 amide bonds. The van der Waals surface area contributed by atoms with Crippen molar-refractivity contribution in [1.29, 1.82) is 0 Å². The number of fused-ring (bicyclic) bond motifs is 1. The van der Waals surface area contributed by atoms with E-state index in [9.17, 15) is 0 Å². The van der Waals surface area contributed by atoms with E-state index in [1.807, 2.05) is 39.0 Å². The maximum atomic E-state index is 6.11. The molecule has 1 aromatic carbocycles. The number of benzene rings is 1. The van der Waals surface area contributed by atoms with Crippen molar-refractivity contribution >= 4 is 17.4 Å². The Kier molecular flexibility index (Phi) is 3.06. The summed E-state index contributed by atoms with van der Waals surface area (Å²) in [6.07, 6.45) is 1.42. The molecular weight excluding hydrogens is 276 g/mol. The summed E-state index contributed by atoms with van der Waals surface area (Å²) < 4.78 is 7.55. The number of hydrogen-bond donors (Lipinski definition) is 0. The first-order chi connectivity index (χ1) is 9.56. The molecule has 0 aliphatic rings. The van der Waals surface area contributed by atoms with E-state index in [0.717, 1.165) is 22.4 Å². The van der Waals surface area contributed by atoms with Crippen LogP contribution < -0.4 is 4.74 Å². The van der Waals surface area contributed by atoms with Crippen LogP contribution in [0.2, 0.25) is 5.15 Å². The lowest BCUT2D eigenvalue weighted by Crippen LogP contribution is -2.02. The minimum Gasteiger partial charge on any atom is -0.438 e. The first-order valence-corrected chi connectivity index (χ1v) is 6.55. The van der Waals surface area contributed by atoms with Gasteiger partial charge in [0.15, 0.2) is 0 Å². The quantitative estimate of drug-likeness (QED) is 0.677. The predicted molar refractivity (Wildman–Crippen MR) is 76.5 cm³/mol. The molecule has 5 nitrogen and oxygen atoms in total. The Morgan fingerprint density at radius 3 is 2.80 bits per heavy atom. The van der Waals surface area contributed by atoms with Crippen LogP contribution >= 0.6 is 11.6 Å². The molecule has 0 spiro atoms. The number of nitrogens with zero attached hydrogens (tertiary/aromatic N) is 4. The number of halogens is 1. The lowest BCUT2D eigenvalue weighted by atomic mass is 10.1. The highest BCUT2D eigenvalue weighted by Crippen LogP contribution is 2.30. The Hall–Kier alpha value is -2.14. The lowest BCUT2D eigenvalue weighted by molar-refractivity contribution is 0.438. The van der Waals surface area contributed by atoms with Gasteiger partial charge in [-0.1, -0.05) is 23.7 Å². The van der Waals surface area contributed by atoms with Gasteiger partial charge in [-0.05, 0) is 38.0 Å². The largest absolute Gasteiger partial charge is 0.438 e. The molecule has 0 N–H and O–H groups in total. The summed E-state index contributed by atoms with van der Waals surface area (Å²) in [5.74, 6) is 1.72. The van der Waals surface area contributed by atoms with E-state index in [4.69, 9.17) is 16.3 Å². The number of hydrogen-bond acceptors (Lipinski definition) is 4. The van der Waals surface area contributed by atoms with Gasteiger partial charge in [0.25, 0.3) is 5.78 Å². The first kappa shape index (κ1) is 12.9. The van der Waals surface area contributed by atoms with Gasteiger partial charge >= 0.3 is 0 Å². The van der Waals surface area contributed by atoms with Crippen LogP contribution in [0.25, 0.3) is 5.78 Å². The van der Waals surface area contributed by atoms with Gasteiger partial charge in [0.1, 0.15) is 17.2 Å². The highest BCUT2D eigenvalue weighted by atomic mass is 35.5. The van der Waals surface area contributed by atoms with Gasteiger partial charge in [-0.15, -0.1) is 0 Å². The van der Waals surface area contributed by atoms with Crippen LogP contribution in [-0.4, -0.2) is 19.6 Å². The maximum absolute atomic E-state index is 6.11. The normalized spacial score (nSPS) is 11.0. The van der Waals surface area contributed by atoms with Crippen molar-refractivity contribution < 1.29 is 4.74 Å². The Morgan fingerprint density at radius 2 is 2.00 bits per heavy atom. The van der Waals surface area contributed by atoms with Gasteiger partial charge in [-0.25, -0.2) is 0 Å². The molecule has 0 radical (unpaired) electrons. The molecule has 102 valence electrons. The second-order valence-corrected chi connectivity index (χ2v) is 5.03. The average molecular weight is 289 g/mol. The van der Waals surface area contributed by atoms with Crippen LogP contribution in [0.3, 0.4) is 0 Å². The molecule has 0 aliphatic carbocycles. The molecule has 6 heteroatoms. The molecule has 2 aromatic heterocycles. The Bertz CT molecular complexity index is 797. The predicted octanol–water partition coefficient (Wildman–Crippen LogP) is 3.50. The highest BCUT2D eigenvalue weighted by molar-refractivity contribution is 6.30. The van der Waals surface area contributed by atoms with Crippen molar-refractivity contribution in [2.45, 2.75) is 20.8 Å². The number of aryl methyl sites for hydroxylation is 2. The second kappa shape index (κ2) is 4.76. The smallest absolute Gasteiger partial charge is 0.256 e. The van der Waals surface area contributed by atoms with Crippen LogP contribution in [0, 0.1) is 20.8 Å². The van der Waals surface area contributed by atoms with Crippen molar-refractivity contribution in [3.8, 4) is 11.6 Å². The molecule has 0 aliphatic heterocycles. The summed E-state index contributed by atoms with van der Waals surface area (Å²) in [6.45, 7) is 5.85.